The lowest BCUT2D eigenvalue weighted by Gasteiger charge is -2.39. The van der Waals surface area contributed by atoms with Crippen LogP contribution in [0.1, 0.15) is 11.1 Å². The Morgan fingerprint density at radius 1 is 1.13 bits per heavy atom. The fourth-order valence-electron chi connectivity index (χ4n) is 3.15. The van der Waals surface area contributed by atoms with Crippen LogP contribution in [0.15, 0.2) is 59.5 Å². The van der Waals surface area contributed by atoms with Gasteiger partial charge in [0.2, 0.25) is 0 Å². The van der Waals surface area contributed by atoms with E-state index < -0.39 is 45.1 Å². The highest BCUT2D eigenvalue weighted by atomic mass is 35.5. The number of amides is 1. The predicted octanol–water partition coefficient (Wildman–Crippen LogP) is 3.48. The van der Waals surface area contributed by atoms with Gasteiger partial charge in [-0.1, -0.05) is 65.7 Å². The van der Waals surface area contributed by atoms with Crippen LogP contribution in [0.5, 0.6) is 0 Å². The molecule has 2 aromatic rings. The molecule has 2 aromatic carbocycles. The van der Waals surface area contributed by atoms with Crippen LogP contribution in [-0.2, 0) is 31.4 Å². The number of halogens is 3. The second-order valence-electron chi connectivity index (χ2n) is 6.73. The smallest absolute Gasteiger partial charge is 0.450 e. The maximum atomic E-state index is 14.2. The Bertz CT molecular complexity index is 1020. The molecule has 1 amide bonds. The number of carboxylic acid groups (broad SMARTS) is 1. The molecule has 0 aliphatic rings. The molecular formula is C20H20Cl2FNO6S. The molecule has 0 aliphatic carbocycles. The fraction of sp³-hybridized carbons (Fsp3) is 0.300. The number of alkyl halides is 3. The molecule has 11 heteroatoms. The van der Waals surface area contributed by atoms with Gasteiger partial charge < -0.3 is 15.2 Å². The first kappa shape index (κ1) is 24.9. The van der Waals surface area contributed by atoms with Gasteiger partial charge in [-0.2, -0.15) is 0 Å². The second kappa shape index (κ2) is 10.3. The van der Waals surface area contributed by atoms with E-state index in [4.69, 9.17) is 27.9 Å². The summed E-state index contributed by atoms with van der Waals surface area (Å²) in [4.78, 5) is 22.2. The third-order valence-corrected chi connectivity index (χ3v) is 6.11. The van der Waals surface area contributed by atoms with E-state index >= 15 is 0 Å². The quantitative estimate of drug-likeness (QED) is 0.410. The molecule has 2 N–H and O–H groups in total. The zero-order valence-corrected chi connectivity index (χ0v) is 18.6. The first-order chi connectivity index (χ1) is 14.5. The third-order valence-electron chi connectivity index (χ3n) is 4.58. The van der Waals surface area contributed by atoms with Gasteiger partial charge in [-0.05, 0) is 23.3 Å². The molecule has 2 atom stereocenters. The van der Waals surface area contributed by atoms with Gasteiger partial charge in [-0.25, -0.2) is 17.6 Å². The predicted molar refractivity (Wildman–Crippen MR) is 114 cm³/mol. The molecule has 0 radical (unpaired) electrons. The van der Waals surface area contributed by atoms with Gasteiger partial charge in [0.05, 0.1) is 4.90 Å². The topological polar surface area (TPSA) is 110 Å². The molecule has 2 unspecified atom stereocenters. The highest BCUT2D eigenvalue weighted by Crippen LogP contribution is 2.35. The van der Waals surface area contributed by atoms with Crippen molar-refractivity contribution in [3.05, 3.63) is 65.7 Å². The molecule has 7 nitrogen and oxygen atoms in total. The van der Waals surface area contributed by atoms with Crippen LogP contribution >= 0.6 is 23.2 Å². The van der Waals surface area contributed by atoms with Crippen molar-refractivity contribution in [2.45, 2.75) is 27.8 Å². The highest BCUT2D eigenvalue weighted by Gasteiger charge is 2.46. The third kappa shape index (κ3) is 6.32. The molecule has 0 bridgehead atoms. The summed E-state index contributed by atoms with van der Waals surface area (Å²) >= 11 is 11.1. The summed E-state index contributed by atoms with van der Waals surface area (Å²) in [5.41, 5.74) is -1.23. The van der Waals surface area contributed by atoms with E-state index in [1.807, 2.05) is 0 Å². The minimum absolute atomic E-state index is 0.0254. The fourth-order valence-corrected chi connectivity index (χ4v) is 3.90. The first-order valence-electron chi connectivity index (χ1n) is 8.90. The molecule has 168 valence electrons. The number of hydrogen-bond acceptors (Lipinski definition) is 5. The number of ether oxygens (including phenoxy) is 1. The Kier molecular flexibility index (Phi) is 8.27. The molecule has 31 heavy (non-hydrogen) atoms. The number of sulfone groups is 1. The van der Waals surface area contributed by atoms with Gasteiger partial charge in [-0.3, -0.25) is 4.79 Å². The molecule has 2 rings (SSSR count). The van der Waals surface area contributed by atoms with E-state index in [1.165, 1.54) is 24.3 Å². The van der Waals surface area contributed by atoms with Gasteiger partial charge in [0.1, 0.15) is 12.7 Å². The van der Waals surface area contributed by atoms with Crippen molar-refractivity contribution < 1.29 is 32.2 Å². The van der Waals surface area contributed by atoms with Crippen molar-refractivity contribution in [2.24, 2.45) is 0 Å². The molecule has 0 spiro atoms. The molecule has 0 aliphatic heterocycles. The minimum Gasteiger partial charge on any atom is -0.450 e. The van der Waals surface area contributed by atoms with Crippen LogP contribution in [0.25, 0.3) is 0 Å². The SMILES string of the molecule is CS(=O)(=O)c1ccc(C(Cc2ccccc2)(OC(=O)O)C(CF)NC(=O)C(Cl)Cl)cc1. The van der Waals surface area contributed by atoms with Gasteiger partial charge in [0.15, 0.2) is 20.3 Å². The van der Waals surface area contributed by atoms with Crippen LogP contribution < -0.4 is 5.32 Å². The normalized spacial score (nSPS) is 14.5. The number of carbonyl (C=O) groups excluding carboxylic acids is 1. The summed E-state index contributed by atoms with van der Waals surface area (Å²) in [6, 6.07) is 12.1. The van der Waals surface area contributed by atoms with Crippen LogP contribution in [-0.4, -0.2) is 49.4 Å². The number of nitrogens with one attached hydrogen (secondary N) is 1. The van der Waals surface area contributed by atoms with Crippen molar-refractivity contribution in [3.63, 3.8) is 0 Å². The molecule has 0 saturated heterocycles. The van der Waals surface area contributed by atoms with E-state index in [0.29, 0.717) is 5.56 Å². The lowest BCUT2D eigenvalue weighted by Crippen LogP contribution is -2.56. The standard InChI is InChI=1S/C20H20Cl2FNO6S/c1-31(28,29)15-9-7-14(8-10-15)20(30-19(26)27,11-13-5-3-2-4-6-13)16(12-23)24-18(25)17(21)22/h2-10,16-17H,11-12H2,1H3,(H,24,25)(H,26,27). The van der Waals surface area contributed by atoms with Crippen LogP contribution in [0.3, 0.4) is 0 Å². The van der Waals surface area contributed by atoms with Crippen LogP contribution in [0.2, 0.25) is 0 Å². The average Bonchev–Trinajstić information content (AvgIpc) is 2.71. The summed E-state index contributed by atoms with van der Waals surface area (Å²) in [7, 11) is -3.54. The minimum atomic E-state index is -3.54. The van der Waals surface area contributed by atoms with Crippen molar-refractivity contribution in [1.82, 2.24) is 5.32 Å². The number of hydrogen-bond donors (Lipinski definition) is 2. The Labute approximate surface area is 189 Å². The molecule has 0 fully saturated rings. The van der Waals surface area contributed by atoms with Crippen molar-refractivity contribution in [3.8, 4) is 0 Å². The molecule has 0 heterocycles. The van der Waals surface area contributed by atoms with Crippen molar-refractivity contribution >= 4 is 45.1 Å². The number of carbonyl (C=O) groups is 2. The maximum absolute atomic E-state index is 14.2. The Balaban J connectivity index is 2.68. The van der Waals surface area contributed by atoms with E-state index in [1.54, 1.807) is 30.3 Å². The lowest BCUT2D eigenvalue weighted by atomic mass is 9.81. The monoisotopic (exact) mass is 491 g/mol. The van der Waals surface area contributed by atoms with Gasteiger partial charge in [-0.15, -0.1) is 0 Å². The first-order valence-corrected chi connectivity index (χ1v) is 11.7. The van der Waals surface area contributed by atoms with E-state index in [0.717, 1.165) is 6.26 Å². The zero-order valence-electron chi connectivity index (χ0n) is 16.3. The maximum Gasteiger partial charge on any atom is 0.506 e. The van der Waals surface area contributed by atoms with Crippen molar-refractivity contribution in [1.29, 1.82) is 0 Å². The number of rotatable bonds is 9. The Morgan fingerprint density at radius 2 is 1.71 bits per heavy atom. The Morgan fingerprint density at radius 3 is 2.16 bits per heavy atom. The molecular weight excluding hydrogens is 472 g/mol. The van der Waals surface area contributed by atoms with E-state index in [-0.39, 0.29) is 16.9 Å². The second-order valence-corrected chi connectivity index (χ2v) is 9.84. The zero-order chi connectivity index (χ0) is 23.2. The summed E-state index contributed by atoms with van der Waals surface area (Å²) in [5.74, 6) is -0.940. The summed E-state index contributed by atoms with van der Waals surface area (Å²) in [6.07, 6.45) is -0.870. The summed E-state index contributed by atoms with van der Waals surface area (Å²) in [5, 5.41) is 11.7. The summed E-state index contributed by atoms with van der Waals surface area (Å²) in [6.45, 7) is -1.22. The summed E-state index contributed by atoms with van der Waals surface area (Å²) < 4.78 is 43.0. The highest BCUT2D eigenvalue weighted by molar-refractivity contribution is 7.90. The molecule has 0 aromatic heterocycles. The van der Waals surface area contributed by atoms with Gasteiger partial charge in [0.25, 0.3) is 5.91 Å². The van der Waals surface area contributed by atoms with Crippen molar-refractivity contribution in [2.75, 3.05) is 12.9 Å². The average molecular weight is 492 g/mol. The van der Waals surface area contributed by atoms with Crippen LogP contribution in [0.4, 0.5) is 9.18 Å². The van der Waals surface area contributed by atoms with E-state index in [9.17, 15) is 27.5 Å². The number of benzene rings is 2. The Hall–Kier alpha value is -2.36. The van der Waals surface area contributed by atoms with Gasteiger partial charge in [0, 0.05) is 12.7 Å². The lowest BCUT2D eigenvalue weighted by molar-refractivity contribution is -0.124. The molecule has 0 saturated carbocycles. The van der Waals surface area contributed by atoms with E-state index in [2.05, 4.69) is 5.32 Å². The van der Waals surface area contributed by atoms with Gasteiger partial charge >= 0.3 is 6.16 Å². The van der Waals surface area contributed by atoms with Crippen LogP contribution in [0, 0.1) is 0 Å². The largest absolute Gasteiger partial charge is 0.506 e.